The molecule has 0 aromatic carbocycles. The van der Waals surface area contributed by atoms with Crippen molar-refractivity contribution in [1.82, 2.24) is 14.7 Å². The van der Waals surface area contributed by atoms with Gasteiger partial charge in [-0.1, -0.05) is 6.92 Å². The van der Waals surface area contributed by atoms with Crippen LogP contribution >= 0.6 is 0 Å². The fourth-order valence-corrected chi connectivity index (χ4v) is 1.24. The zero-order valence-electron chi connectivity index (χ0n) is 9.03. The number of aromatic nitrogens is 2. The minimum Gasteiger partial charge on any atom is -0.302 e. The van der Waals surface area contributed by atoms with Crippen molar-refractivity contribution < 1.29 is 4.79 Å². The molecule has 0 aliphatic rings. The molecule has 0 saturated carbocycles. The van der Waals surface area contributed by atoms with Crippen molar-refractivity contribution in [1.29, 1.82) is 0 Å². The maximum Gasteiger partial charge on any atom is 0.179 e. The predicted molar refractivity (Wildman–Crippen MR) is 55.4 cm³/mol. The highest BCUT2D eigenvalue weighted by Crippen LogP contribution is 2.00. The van der Waals surface area contributed by atoms with Crippen molar-refractivity contribution in [3.63, 3.8) is 0 Å². The van der Waals surface area contributed by atoms with E-state index in [0.29, 0.717) is 12.1 Å². The molecule has 0 radical (unpaired) electrons. The highest BCUT2D eigenvalue weighted by Gasteiger charge is 2.08. The van der Waals surface area contributed by atoms with Crippen LogP contribution < -0.4 is 0 Å². The normalized spacial score (nSPS) is 10.9. The van der Waals surface area contributed by atoms with Crippen LogP contribution in [0.1, 0.15) is 23.7 Å². The van der Waals surface area contributed by atoms with Crippen LogP contribution in [-0.4, -0.2) is 41.1 Å². The van der Waals surface area contributed by atoms with Crippen molar-refractivity contribution in [3.8, 4) is 0 Å². The minimum atomic E-state index is 0.123. The van der Waals surface area contributed by atoms with Gasteiger partial charge in [-0.3, -0.25) is 9.48 Å². The molecule has 0 fully saturated rings. The van der Waals surface area contributed by atoms with E-state index in [0.717, 1.165) is 13.0 Å². The fraction of sp³-hybridized carbons (Fsp3) is 0.600. The Labute approximate surface area is 84.5 Å². The summed E-state index contributed by atoms with van der Waals surface area (Å²) in [6.07, 6.45) is 4.49. The standard InChI is InChI=1S/C10H17N3O/c1-4-5-13-7-9(6-11-13)10(14)8-12(2)3/h6-7H,4-5,8H2,1-3H3. The van der Waals surface area contributed by atoms with Gasteiger partial charge in [-0.05, 0) is 20.5 Å². The van der Waals surface area contributed by atoms with Gasteiger partial charge in [0.1, 0.15) is 0 Å². The topological polar surface area (TPSA) is 38.1 Å². The molecule has 1 heterocycles. The van der Waals surface area contributed by atoms with Crippen molar-refractivity contribution in [3.05, 3.63) is 18.0 Å². The number of carbonyl (C=O) groups is 1. The van der Waals surface area contributed by atoms with Crippen LogP contribution in [0, 0.1) is 0 Å². The molecule has 0 spiro atoms. The van der Waals surface area contributed by atoms with Crippen molar-refractivity contribution in [2.45, 2.75) is 19.9 Å². The predicted octanol–water partition coefficient (Wildman–Crippen LogP) is 1.04. The average molecular weight is 195 g/mol. The molecule has 0 N–H and O–H groups in total. The fourth-order valence-electron chi connectivity index (χ4n) is 1.24. The minimum absolute atomic E-state index is 0.123. The summed E-state index contributed by atoms with van der Waals surface area (Å²) in [5.74, 6) is 0.123. The Morgan fingerprint density at radius 1 is 1.57 bits per heavy atom. The lowest BCUT2D eigenvalue weighted by molar-refractivity contribution is 0.0958. The average Bonchev–Trinajstić information content (AvgIpc) is 2.52. The smallest absolute Gasteiger partial charge is 0.179 e. The molecule has 0 amide bonds. The number of hydrogen-bond donors (Lipinski definition) is 0. The second-order valence-electron chi connectivity index (χ2n) is 3.65. The highest BCUT2D eigenvalue weighted by atomic mass is 16.1. The monoisotopic (exact) mass is 195 g/mol. The Morgan fingerprint density at radius 3 is 2.86 bits per heavy atom. The molecule has 0 aliphatic carbocycles. The van der Waals surface area contributed by atoms with Crippen LogP contribution in [0.15, 0.2) is 12.4 Å². The molecule has 1 aromatic rings. The number of hydrogen-bond acceptors (Lipinski definition) is 3. The van der Waals surface area contributed by atoms with E-state index in [1.807, 2.05) is 29.9 Å². The van der Waals surface area contributed by atoms with Gasteiger partial charge in [0, 0.05) is 12.7 Å². The lowest BCUT2D eigenvalue weighted by atomic mass is 10.2. The number of carbonyl (C=O) groups excluding carboxylic acids is 1. The molecule has 0 unspecified atom stereocenters. The van der Waals surface area contributed by atoms with Gasteiger partial charge in [-0.15, -0.1) is 0 Å². The number of nitrogens with zero attached hydrogens (tertiary/aromatic N) is 3. The Balaban J connectivity index is 2.62. The van der Waals surface area contributed by atoms with Crippen LogP contribution in [0.5, 0.6) is 0 Å². The van der Waals surface area contributed by atoms with Crippen molar-refractivity contribution in [2.24, 2.45) is 0 Å². The van der Waals surface area contributed by atoms with Crippen molar-refractivity contribution in [2.75, 3.05) is 20.6 Å². The summed E-state index contributed by atoms with van der Waals surface area (Å²) in [4.78, 5) is 13.4. The Kier molecular flexibility index (Phi) is 3.83. The van der Waals surface area contributed by atoms with Crippen LogP contribution in [-0.2, 0) is 6.54 Å². The molecule has 0 aliphatic heterocycles. The van der Waals surface area contributed by atoms with Gasteiger partial charge in [-0.2, -0.15) is 5.10 Å². The van der Waals surface area contributed by atoms with E-state index in [2.05, 4.69) is 12.0 Å². The Hall–Kier alpha value is -1.16. The van der Waals surface area contributed by atoms with E-state index in [1.165, 1.54) is 0 Å². The number of likely N-dealkylation sites (N-methyl/N-ethyl adjacent to an activating group) is 1. The summed E-state index contributed by atoms with van der Waals surface area (Å²) < 4.78 is 1.81. The first-order valence-corrected chi connectivity index (χ1v) is 4.84. The summed E-state index contributed by atoms with van der Waals surface area (Å²) in [5.41, 5.74) is 0.701. The van der Waals surface area contributed by atoms with Gasteiger partial charge in [0.2, 0.25) is 0 Å². The highest BCUT2D eigenvalue weighted by molar-refractivity contribution is 5.97. The largest absolute Gasteiger partial charge is 0.302 e. The lowest BCUT2D eigenvalue weighted by Gasteiger charge is -2.05. The van der Waals surface area contributed by atoms with E-state index in [9.17, 15) is 4.79 Å². The van der Waals surface area contributed by atoms with Gasteiger partial charge < -0.3 is 4.90 Å². The molecule has 4 heteroatoms. The lowest BCUT2D eigenvalue weighted by Crippen LogP contribution is -2.21. The maximum absolute atomic E-state index is 11.6. The summed E-state index contributed by atoms with van der Waals surface area (Å²) in [5, 5.41) is 4.11. The second-order valence-corrected chi connectivity index (χ2v) is 3.65. The number of Topliss-reactive ketones (excluding diaryl/α,β-unsaturated/α-hetero) is 1. The molecule has 78 valence electrons. The third kappa shape index (κ3) is 2.96. The van der Waals surface area contributed by atoms with E-state index < -0.39 is 0 Å². The number of aryl methyl sites for hydroxylation is 1. The zero-order valence-corrected chi connectivity index (χ0v) is 9.03. The van der Waals surface area contributed by atoms with Crippen LogP contribution in [0.3, 0.4) is 0 Å². The van der Waals surface area contributed by atoms with Crippen LogP contribution in [0.4, 0.5) is 0 Å². The van der Waals surface area contributed by atoms with Gasteiger partial charge in [0.25, 0.3) is 0 Å². The molecule has 1 aromatic heterocycles. The SMILES string of the molecule is CCCn1cc(C(=O)CN(C)C)cn1. The van der Waals surface area contributed by atoms with Gasteiger partial charge >= 0.3 is 0 Å². The molecule has 4 nitrogen and oxygen atoms in total. The van der Waals surface area contributed by atoms with E-state index >= 15 is 0 Å². The molecule has 14 heavy (non-hydrogen) atoms. The summed E-state index contributed by atoms with van der Waals surface area (Å²) >= 11 is 0. The molecular weight excluding hydrogens is 178 g/mol. The first kappa shape index (κ1) is 10.9. The Bertz CT molecular complexity index is 304. The van der Waals surface area contributed by atoms with Crippen LogP contribution in [0.2, 0.25) is 0 Å². The molecule has 0 bridgehead atoms. The molecule has 0 saturated heterocycles. The Morgan fingerprint density at radius 2 is 2.29 bits per heavy atom. The molecule has 0 atom stereocenters. The third-order valence-electron chi connectivity index (χ3n) is 1.87. The van der Waals surface area contributed by atoms with Gasteiger partial charge in [0.05, 0.1) is 18.3 Å². The summed E-state index contributed by atoms with van der Waals surface area (Å²) in [6.45, 7) is 3.40. The first-order chi connectivity index (χ1) is 6.63. The first-order valence-electron chi connectivity index (χ1n) is 4.84. The van der Waals surface area contributed by atoms with E-state index in [4.69, 9.17) is 0 Å². The van der Waals surface area contributed by atoms with Gasteiger partial charge in [-0.25, -0.2) is 0 Å². The third-order valence-corrected chi connectivity index (χ3v) is 1.87. The number of rotatable bonds is 5. The van der Waals surface area contributed by atoms with Crippen molar-refractivity contribution >= 4 is 5.78 Å². The number of ketones is 1. The summed E-state index contributed by atoms with van der Waals surface area (Å²) in [6, 6.07) is 0. The zero-order chi connectivity index (χ0) is 10.6. The molecular formula is C10H17N3O. The van der Waals surface area contributed by atoms with Gasteiger partial charge in [0.15, 0.2) is 5.78 Å². The maximum atomic E-state index is 11.6. The quantitative estimate of drug-likeness (QED) is 0.659. The van der Waals surface area contributed by atoms with E-state index in [-0.39, 0.29) is 5.78 Å². The summed E-state index contributed by atoms with van der Waals surface area (Å²) in [7, 11) is 3.77. The molecule has 1 rings (SSSR count). The van der Waals surface area contributed by atoms with E-state index in [1.54, 1.807) is 6.20 Å². The van der Waals surface area contributed by atoms with Crippen LogP contribution in [0.25, 0.3) is 0 Å². The second kappa shape index (κ2) is 4.91.